The number of benzene rings is 1. The molecule has 1 aromatic rings. The van der Waals surface area contributed by atoms with Gasteiger partial charge in [-0.25, -0.2) is 0 Å². The van der Waals surface area contributed by atoms with Gasteiger partial charge in [0.25, 0.3) is 5.91 Å². The monoisotopic (exact) mass is 279 g/mol. The lowest BCUT2D eigenvalue weighted by Gasteiger charge is -2.41. The number of carboxylic acids is 1. The maximum absolute atomic E-state index is 12.1. The second kappa shape index (κ2) is 5.65. The third-order valence-corrected chi connectivity index (χ3v) is 4.37. The predicted molar refractivity (Wildman–Crippen MR) is 74.4 cm³/mol. The van der Waals surface area contributed by atoms with Crippen molar-refractivity contribution < 1.29 is 14.7 Å². The molecule has 4 nitrogen and oxygen atoms in total. The van der Waals surface area contributed by atoms with E-state index in [1.165, 1.54) is 0 Å². The Morgan fingerprint density at radius 1 is 1.32 bits per heavy atom. The maximum atomic E-state index is 12.1. The van der Waals surface area contributed by atoms with Crippen LogP contribution in [0.2, 0.25) is 0 Å². The van der Waals surface area contributed by atoms with E-state index < -0.39 is 5.97 Å². The molecule has 1 aliphatic rings. The number of carboxylic acid groups (broad SMARTS) is 1. The van der Waals surface area contributed by atoms with Crippen molar-refractivity contribution in [1.29, 1.82) is 0 Å². The molecule has 0 aliphatic carbocycles. The van der Waals surface area contributed by atoms with Gasteiger partial charge in [-0.05, 0) is 30.5 Å². The van der Waals surface area contributed by atoms with Crippen LogP contribution < -0.4 is 0 Å². The molecule has 1 atom stereocenters. The van der Waals surface area contributed by atoms with Crippen LogP contribution >= 0.6 is 11.8 Å². The summed E-state index contributed by atoms with van der Waals surface area (Å²) < 4.78 is 0. The van der Waals surface area contributed by atoms with Gasteiger partial charge in [0.1, 0.15) is 0 Å². The van der Waals surface area contributed by atoms with Gasteiger partial charge in [-0.3, -0.25) is 9.59 Å². The van der Waals surface area contributed by atoms with Gasteiger partial charge in [0, 0.05) is 29.5 Å². The molecule has 1 N–H and O–H groups in total. The third-order valence-electron chi connectivity index (χ3n) is 3.63. The van der Waals surface area contributed by atoms with Crippen molar-refractivity contribution in [3.8, 4) is 0 Å². The number of hydrogen-bond acceptors (Lipinski definition) is 3. The predicted octanol–water partition coefficient (Wildman–Crippen LogP) is 2.20. The van der Waals surface area contributed by atoms with Gasteiger partial charge in [-0.1, -0.05) is 6.92 Å². The molecule has 0 aromatic heterocycles. The number of thioether (sulfide) groups is 1. The fourth-order valence-electron chi connectivity index (χ4n) is 2.11. The van der Waals surface area contributed by atoms with Gasteiger partial charge in [-0.15, -0.1) is 11.8 Å². The van der Waals surface area contributed by atoms with Crippen molar-refractivity contribution in [3.05, 3.63) is 29.8 Å². The smallest absolute Gasteiger partial charge is 0.306 e. The zero-order chi connectivity index (χ0) is 14.0. The highest BCUT2D eigenvalue weighted by Crippen LogP contribution is 2.26. The summed E-state index contributed by atoms with van der Waals surface area (Å²) >= 11 is 1.63. The number of carbonyl (C=O) groups excluding carboxylic acids is 1. The van der Waals surface area contributed by atoms with Crippen LogP contribution in [0.3, 0.4) is 0 Å². The van der Waals surface area contributed by atoms with Gasteiger partial charge in [0.05, 0.1) is 5.92 Å². The zero-order valence-electron chi connectivity index (χ0n) is 11.0. The molecule has 1 aromatic carbocycles. The van der Waals surface area contributed by atoms with Crippen molar-refractivity contribution in [2.24, 2.45) is 11.8 Å². The normalized spacial score (nSPS) is 16.8. The minimum Gasteiger partial charge on any atom is -0.481 e. The minimum atomic E-state index is -0.790. The lowest BCUT2D eigenvalue weighted by atomic mass is 9.86. The molecule has 5 heteroatoms. The van der Waals surface area contributed by atoms with Crippen molar-refractivity contribution in [1.82, 2.24) is 4.90 Å². The van der Waals surface area contributed by atoms with Gasteiger partial charge in [0.2, 0.25) is 0 Å². The van der Waals surface area contributed by atoms with Crippen LogP contribution in [-0.2, 0) is 4.79 Å². The average Bonchev–Trinajstić information content (AvgIpc) is 2.36. The molecule has 1 aliphatic heterocycles. The summed E-state index contributed by atoms with van der Waals surface area (Å²) in [5, 5.41) is 8.91. The van der Waals surface area contributed by atoms with Crippen LogP contribution in [0.1, 0.15) is 17.3 Å². The van der Waals surface area contributed by atoms with Crippen molar-refractivity contribution >= 4 is 23.6 Å². The van der Waals surface area contributed by atoms with Crippen molar-refractivity contribution in [2.45, 2.75) is 11.8 Å². The Balaban J connectivity index is 1.94. The Kier molecular flexibility index (Phi) is 4.14. The molecule has 1 saturated heterocycles. The first-order chi connectivity index (χ1) is 9.02. The van der Waals surface area contributed by atoms with Gasteiger partial charge >= 0.3 is 5.97 Å². The molecule has 0 spiro atoms. The first-order valence-electron chi connectivity index (χ1n) is 6.19. The van der Waals surface area contributed by atoms with E-state index in [4.69, 9.17) is 5.11 Å². The van der Waals surface area contributed by atoms with E-state index in [0.717, 1.165) is 4.90 Å². The van der Waals surface area contributed by atoms with E-state index in [0.29, 0.717) is 18.7 Å². The Morgan fingerprint density at radius 3 is 2.37 bits per heavy atom. The lowest BCUT2D eigenvalue weighted by Crippen LogP contribution is -2.53. The van der Waals surface area contributed by atoms with E-state index >= 15 is 0 Å². The van der Waals surface area contributed by atoms with E-state index in [2.05, 4.69) is 0 Å². The van der Waals surface area contributed by atoms with Gasteiger partial charge < -0.3 is 10.0 Å². The summed E-state index contributed by atoms with van der Waals surface area (Å²) in [7, 11) is 0. The van der Waals surface area contributed by atoms with E-state index in [1.54, 1.807) is 23.6 Å². The number of amides is 1. The summed E-state index contributed by atoms with van der Waals surface area (Å²) in [6.45, 7) is 2.77. The Hall–Kier alpha value is -1.49. The summed E-state index contributed by atoms with van der Waals surface area (Å²) in [6.07, 6.45) is 1.99. The van der Waals surface area contributed by atoms with E-state index in [1.807, 2.05) is 30.5 Å². The summed E-state index contributed by atoms with van der Waals surface area (Å²) in [6, 6.07) is 7.49. The van der Waals surface area contributed by atoms with Crippen LogP contribution in [0.4, 0.5) is 0 Å². The number of nitrogens with zero attached hydrogens (tertiary/aromatic N) is 1. The quantitative estimate of drug-likeness (QED) is 0.858. The highest BCUT2D eigenvalue weighted by molar-refractivity contribution is 7.98. The van der Waals surface area contributed by atoms with E-state index in [9.17, 15) is 9.59 Å². The molecule has 102 valence electrons. The highest BCUT2D eigenvalue weighted by Gasteiger charge is 2.37. The first kappa shape index (κ1) is 13.9. The Labute approximate surface area is 116 Å². The molecule has 1 amide bonds. The van der Waals surface area contributed by atoms with Crippen LogP contribution in [0.15, 0.2) is 29.2 Å². The topological polar surface area (TPSA) is 57.6 Å². The highest BCUT2D eigenvalue weighted by atomic mass is 32.2. The largest absolute Gasteiger partial charge is 0.481 e. The third kappa shape index (κ3) is 2.92. The standard InChI is InChI=1S/C14H17NO3S/c1-9(14(17)18)11-7-15(8-11)13(16)10-3-5-12(19-2)6-4-10/h3-6,9,11H,7-8H2,1-2H3,(H,17,18). The molecule has 2 rings (SSSR count). The fourth-order valence-corrected chi connectivity index (χ4v) is 2.52. The van der Waals surface area contributed by atoms with Crippen LogP contribution in [-0.4, -0.2) is 41.2 Å². The minimum absolute atomic E-state index is 0.0125. The van der Waals surface area contributed by atoms with Crippen LogP contribution in [0.25, 0.3) is 0 Å². The molecule has 1 unspecified atom stereocenters. The van der Waals surface area contributed by atoms with Gasteiger partial charge in [0.15, 0.2) is 0 Å². The fraction of sp³-hybridized carbons (Fsp3) is 0.429. The molecule has 1 fully saturated rings. The molecule has 0 bridgehead atoms. The summed E-state index contributed by atoms with van der Waals surface area (Å²) in [4.78, 5) is 25.8. The molecule has 1 heterocycles. The molecular formula is C14H17NO3S. The van der Waals surface area contributed by atoms with Crippen molar-refractivity contribution in [3.63, 3.8) is 0 Å². The van der Waals surface area contributed by atoms with E-state index in [-0.39, 0.29) is 17.7 Å². The molecule has 19 heavy (non-hydrogen) atoms. The van der Waals surface area contributed by atoms with Crippen LogP contribution in [0, 0.1) is 11.8 Å². The number of rotatable bonds is 4. The maximum Gasteiger partial charge on any atom is 0.306 e. The number of hydrogen-bond donors (Lipinski definition) is 1. The SMILES string of the molecule is CSc1ccc(C(=O)N2CC(C(C)C(=O)O)C2)cc1. The Morgan fingerprint density at radius 2 is 1.89 bits per heavy atom. The van der Waals surface area contributed by atoms with Crippen LogP contribution in [0.5, 0.6) is 0 Å². The average molecular weight is 279 g/mol. The lowest BCUT2D eigenvalue weighted by molar-refractivity contribution is -0.144. The zero-order valence-corrected chi connectivity index (χ0v) is 11.8. The number of aliphatic carboxylic acids is 1. The second-order valence-corrected chi connectivity index (χ2v) is 5.71. The number of likely N-dealkylation sites (tertiary alicyclic amines) is 1. The number of carbonyl (C=O) groups is 2. The molecular weight excluding hydrogens is 262 g/mol. The molecule has 0 radical (unpaired) electrons. The van der Waals surface area contributed by atoms with Gasteiger partial charge in [-0.2, -0.15) is 0 Å². The second-order valence-electron chi connectivity index (χ2n) is 4.83. The van der Waals surface area contributed by atoms with Crippen molar-refractivity contribution in [2.75, 3.05) is 19.3 Å². The Bertz CT molecular complexity index is 480. The first-order valence-corrected chi connectivity index (χ1v) is 7.41. The summed E-state index contributed by atoms with van der Waals surface area (Å²) in [5.41, 5.74) is 0.666. The molecule has 0 saturated carbocycles. The summed E-state index contributed by atoms with van der Waals surface area (Å²) in [5.74, 6) is -1.11.